The molecule has 2 aromatic rings. The van der Waals surface area contributed by atoms with Gasteiger partial charge in [-0.05, 0) is 37.1 Å². The Morgan fingerprint density at radius 1 is 1.30 bits per heavy atom. The third kappa shape index (κ3) is 4.94. The van der Waals surface area contributed by atoms with Crippen LogP contribution in [0.2, 0.25) is 0 Å². The van der Waals surface area contributed by atoms with Crippen LogP contribution in [0.5, 0.6) is 0 Å². The topological polar surface area (TPSA) is 68.0 Å². The number of hydrogen-bond donors (Lipinski definition) is 2. The van der Waals surface area contributed by atoms with E-state index < -0.39 is 0 Å². The Morgan fingerprint density at radius 3 is 2.61 bits per heavy atom. The van der Waals surface area contributed by atoms with Crippen molar-refractivity contribution in [3.05, 3.63) is 40.3 Å². The Hall–Kier alpha value is -1.08. The maximum atomic E-state index is 12.1. The van der Waals surface area contributed by atoms with Gasteiger partial charge < -0.3 is 11.1 Å². The normalized spacial score (nSPS) is 14.5. The van der Waals surface area contributed by atoms with Crippen LogP contribution in [0.1, 0.15) is 41.2 Å². The van der Waals surface area contributed by atoms with E-state index in [9.17, 15) is 4.79 Å². The fraction of sp³-hybridized carbons (Fsp3) is 0.375. The van der Waals surface area contributed by atoms with Gasteiger partial charge in [-0.25, -0.2) is 4.98 Å². The number of nitrogens with one attached hydrogen (secondary N) is 1. The van der Waals surface area contributed by atoms with Crippen LogP contribution in [0.4, 0.5) is 5.69 Å². The third-order valence-electron chi connectivity index (χ3n) is 3.68. The Bertz CT molecular complexity index is 639. The Morgan fingerprint density at radius 2 is 2.00 bits per heavy atom. The molecule has 1 saturated carbocycles. The molecule has 1 heterocycles. The molecule has 1 amide bonds. The first-order valence-corrected chi connectivity index (χ1v) is 9.23. The zero-order chi connectivity index (χ0) is 15.4. The summed E-state index contributed by atoms with van der Waals surface area (Å²) >= 11 is 3.35. The molecular weight excluding hydrogens is 350 g/mol. The van der Waals surface area contributed by atoms with E-state index in [0.29, 0.717) is 12.2 Å². The fourth-order valence-electron chi connectivity index (χ4n) is 2.52. The summed E-state index contributed by atoms with van der Waals surface area (Å²) in [5, 5.41) is 6.14. The van der Waals surface area contributed by atoms with Gasteiger partial charge in [0.25, 0.3) is 5.91 Å². The molecule has 7 heteroatoms. The van der Waals surface area contributed by atoms with Crippen LogP contribution >= 0.6 is 35.5 Å². The molecule has 0 atom stereocenters. The molecule has 0 saturated heterocycles. The molecule has 0 bridgehead atoms. The Labute approximate surface area is 150 Å². The number of nitrogens with two attached hydrogens (primary N) is 1. The van der Waals surface area contributed by atoms with Gasteiger partial charge in [0.1, 0.15) is 10.7 Å². The van der Waals surface area contributed by atoms with Gasteiger partial charge in [0, 0.05) is 27.8 Å². The summed E-state index contributed by atoms with van der Waals surface area (Å²) < 4.78 is 0. The number of hydrogen-bond acceptors (Lipinski definition) is 5. The number of amides is 1. The largest absolute Gasteiger partial charge is 0.325 e. The fourth-order valence-corrected chi connectivity index (χ4v) is 4.42. The van der Waals surface area contributed by atoms with Crippen molar-refractivity contribution < 1.29 is 4.79 Å². The number of rotatable bonds is 5. The summed E-state index contributed by atoms with van der Waals surface area (Å²) in [7, 11) is 0. The molecule has 3 rings (SSSR count). The second kappa shape index (κ2) is 8.68. The van der Waals surface area contributed by atoms with Gasteiger partial charge in [0.2, 0.25) is 0 Å². The average Bonchev–Trinajstić information content (AvgIpc) is 3.20. The summed E-state index contributed by atoms with van der Waals surface area (Å²) in [4.78, 5) is 17.5. The number of carbonyl (C=O) groups is 1. The lowest BCUT2D eigenvalue weighted by molar-refractivity contribution is 0.102. The van der Waals surface area contributed by atoms with E-state index in [-0.39, 0.29) is 18.3 Å². The van der Waals surface area contributed by atoms with Gasteiger partial charge in [-0.2, -0.15) is 0 Å². The first-order chi connectivity index (χ1) is 10.7. The van der Waals surface area contributed by atoms with Gasteiger partial charge in [0.05, 0.1) is 0 Å². The number of carbonyl (C=O) groups excluding carboxylic acids is 1. The number of benzene rings is 1. The molecule has 0 radical (unpaired) electrons. The number of anilines is 1. The summed E-state index contributed by atoms with van der Waals surface area (Å²) in [6.07, 6.45) is 5.33. The van der Waals surface area contributed by atoms with Crippen molar-refractivity contribution in [2.75, 3.05) is 5.32 Å². The lowest BCUT2D eigenvalue weighted by Gasteiger charge is -2.09. The molecule has 0 spiro atoms. The second-order valence-corrected chi connectivity index (χ2v) is 7.65. The van der Waals surface area contributed by atoms with E-state index in [4.69, 9.17) is 5.73 Å². The van der Waals surface area contributed by atoms with E-state index in [1.165, 1.54) is 41.9 Å². The van der Waals surface area contributed by atoms with Crippen molar-refractivity contribution in [2.45, 2.75) is 42.4 Å². The predicted molar refractivity (Wildman–Crippen MR) is 99.8 cm³/mol. The minimum Gasteiger partial charge on any atom is -0.325 e. The zero-order valence-electron chi connectivity index (χ0n) is 12.7. The lowest BCUT2D eigenvalue weighted by Crippen LogP contribution is -2.12. The summed E-state index contributed by atoms with van der Waals surface area (Å²) in [5.41, 5.74) is 6.73. The molecule has 0 unspecified atom stereocenters. The van der Waals surface area contributed by atoms with E-state index in [1.54, 1.807) is 5.38 Å². The molecule has 4 nitrogen and oxygen atoms in total. The van der Waals surface area contributed by atoms with Crippen LogP contribution in [-0.2, 0) is 6.54 Å². The molecule has 124 valence electrons. The number of thioether (sulfide) groups is 1. The molecule has 1 aromatic carbocycles. The standard InChI is InChI=1S/C16H19N3OS2.ClH/c17-9-15-19-14(10-21-15)16(20)18-11-5-7-13(8-6-11)22-12-3-1-2-4-12;/h5-8,10,12H,1-4,9,17H2,(H,18,20);1H. The van der Waals surface area contributed by atoms with Gasteiger partial charge in [-0.1, -0.05) is 12.8 Å². The number of halogens is 1. The Balaban J connectivity index is 0.00000192. The van der Waals surface area contributed by atoms with Crippen LogP contribution in [0.3, 0.4) is 0 Å². The van der Waals surface area contributed by atoms with Crippen molar-refractivity contribution >= 4 is 47.1 Å². The lowest BCUT2D eigenvalue weighted by atomic mass is 10.3. The second-order valence-electron chi connectivity index (χ2n) is 5.33. The van der Waals surface area contributed by atoms with Crippen LogP contribution < -0.4 is 11.1 Å². The van der Waals surface area contributed by atoms with E-state index in [2.05, 4.69) is 22.4 Å². The van der Waals surface area contributed by atoms with Crippen molar-refractivity contribution in [3.63, 3.8) is 0 Å². The van der Waals surface area contributed by atoms with Crippen LogP contribution in [0.25, 0.3) is 0 Å². The smallest absolute Gasteiger partial charge is 0.275 e. The maximum absolute atomic E-state index is 12.1. The van der Waals surface area contributed by atoms with Gasteiger partial charge in [0.15, 0.2) is 0 Å². The summed E-state index contributed by atoms with van der Waals surface area (Å²) in [6.45, 7) is 0.366. The van der Waals surface area contributed by atoms with Crippen molar-refractivity contribution in [1.29, 1.82) is 0 Å². The molecular formula is C16H20ClN3OS2. The molecule has 1 aromatic heterocycles. The van der Waals surface area contributed by atoms with Crippen molar-refractivity contribution in [1.82, 2.24) is 4.98 Å². The molecule has 1 aliphatic rings. The van der Waals surface area contributed by atoms with E-state index >= 15 is 0 Å². The number of thiazole rings is 1. The first-order valence-electron chi connectivity index (χ1n) is 7.47. The highest BCUT2D eigenvalue weighted by Crippen LogP contribution is 2.34. The van der Waals surface area contributed by atoms with E-state index in [1.807, 2.05) is 23.9 Å². The minimum atomic E-state index is -0.188. The monoisotopic (exact) mass is 369 g/mol. The average molecular weight is 370 g/mol. The third-order valence-corrected chi connectivity index (χ3v) is 5.90. The van der Waals surface area contributed by atoms with Crippen molar-refractivity contribution in [3.8, 4) is 0 Å². The Kier molecular flexibility index (Phi) is 6.89. The maximum Gasteiger partial charge on any atom is 0.275 e. The minimum absolute atomic E-state index is 0. The highest BCUT2D eigenvalue weighted by molar-refractivity contribution is 8.00. The highest BCUT2D eigenvalue weighted by atomic mass is 35.5. The van der Waals surface area contributed by atoms with E-state index in [0.717, 1.165) is 15.9 Å². The van der Waals surface area contributed by atoms with Gasteiger partial charge in [-0.15, -0.1) is 35.5 Å². The molecule has 0 aliphatic heterocycles. The van der Waals surface area contributed by atoms with Crippen LogP contribution in [0, 0.1) is 0 Å². The molecule has 3 N–H and O–H groups in total. The van der Waals surface area contributed by atoms with Gasteiger partial charge in [-0.3, -0.25) is 4.79 Å². The molecule has 1 aliphatic carbocycles. The first kappa shape index (κ1) is 18.3. The SMILES string of the molecule is Cl.NCc1nc(C(=O)Nc2ccc(SC3CCCC3)cc2)cs1. The molecule has 23 heavy (non-hydrogen) atoms. The quantitative estimate of drug-likeness (QED) is 0.823. The van der Waals surface area contributed by atoms with Crippen molar-refractivity contribution in [2.24, 2.45) is 5.73 Å². The number of aromatic nitrogens is 1. The van der Waals surface area contributed by atoms with Crippen LogP contribution in [0.15, 0.2) is 34.5 Å². The highest BCUT2D eigenvalue weighted by Gasteiger charge is 2.16. The van der Waals surface area contributed by atoms with Gasteiger partial charge >= 0.3 is 0 Å². The summed E-state index contributed by atoms with van der Waals surface area (Å²) in [6, 6.07) is 8.05. The zero-order valence-corrected chi connectivity index (χ0v) is 15.1. The summed E-state index contributed by atoms with van der Waals surface area (Å²) in [5.74, 6) is -0.188. The predicted octanol–water partition coefficient (Wildman–Crippen LogP) is 4.31. The number of nitrogens with zero attached hydrogens (tertiary/aromatic N) is 1. The van der Waals surface area contributed by atoms with Crippen LogP contribution in [-0.4, -0.2) is 16.1 Å². The molecule has 1 fully saturated rings.